The Balaban J connectivity index is 0.00000121. The van der Waals surface area contributed by atoms with Crippen LogP contribution in [0.1, 0.15) is 7.43 Å². The number of nitrogens with two attached hydrogens (primary N) is 2. The molecule has 12 heavy (non-hydrogen) atoms. The maximum Gasteiger partial charge on any atom is 0.240 e. The van der Waals surface area contributed by atoms with Gasteiger partial charge in [-0.05, 0) is 12.1 Å². The molecule has 0 heterocycles. The molecule has 5 heteroatoms. The third-order valence-electron chi connectivity index (χ3n) is 1.23. The van der Waals surface area contributed by atoms with Crippen molar-refractivity contribution >= 4 is 15.7 Å². The summed E-state index contributed by atoms with van der Waals surface area (Å²) in [7, 11) is -3.66. The Morgan fingerprint density at radius 1 is 1.17 bits per heavy atom. The van der Waals surface area contributed by atoms with Gasteiger partial charge in [-0.15, -0.1) is 0 Å². The predicted octanol–water partition coefficient (Wildman–Crippen LogP) is 0.552. The number of anilines is 1. The van der Waals surface area contributed by atoms with Crippen molar-refractivity contribution in [1.82, 2.24) is 0 Å². The van der Waals surface area contributed by atoms with Crippen LogP contribution < -0.4 is 10.9 Å². The monoisotopic (exact) mass is 188 g/mol. The molecule has 0 aliphatic rings. The summed E-state index contributed by atoms with van der Waals surface area (Å²) in [6.07, 6.45) is 0. The Morgan fingerprint density at radius 2 is 1.67 bits per heavy atom. The van der Waals surface area contributed by atoms with E-state index in [2.05, 4.69) is 0 Å². The molecule has 0 unspecified atom stereocenters. The topological polar surface area (TPSA) is 86.2 Å². The second-order valence-corrected chi connectivity index (χ2v) is 3.61. The first-order valence-electron chi connectivity index (χ1n) is 2.89. The summed E-state index contributed by atoms with van der Waals surface area (Å²) in [5, 5.41) is 4.85. The number of hydrogen-bond acceptors (Lipinski definition) is 3. The first-order chi connectivity index (χ1) is 5.02. The van der Waals surface area contributed by atoms with E-state index >= 15 is 0 Å². The lowest BCUT2D eigenvalue weighted by molar-refractivity contribution is 0.598. The van der Waals surface area contributed by atoms with E-state index in [-0.39, 0.29) is 18.0 Å². The molecule has 0 aromatic heterocycles. The van der Waals surface area contributed by atoms with Crippen molar-refractivity contribution in [2.45, 2.75) is 12.3 Å². The van der Waals surface area contributed by atoms with E-state index in [1.54, 1.807) is 12.1 Å². The average Bonchev–Trinajstić information content (AvgIpc) is 1.86. The molecule has 0 saturated heterocycles. The Bertz CT molecular complexity index is 359. The van der Waals surface area contributed by atoms with Gasteiger partial charge < -0.3 is 5.73 Å². The summed E-state index contributed by atoms with van der Waals surface area (Å²) < 4.78 is 21.5. The van der Waals surface area contributed by atoms with Gasteiger partial charge in [-0.3, -0.25) is 0 Å². The van der Waals surface area contributed by atoms with Crippen LogP contribution in [0.4, 0.5) is 5.69 Å². The molecule has 0 bridgehead atoms. The van der Waals surface area contributed by atoms with Crippen LogP contribution in [0.25, 0.3) is 0 Å². The van der Waals surface area contributed by atoms with Gasteiger partial charge in [0.25, 0.3) is 0 Å². The fraction of sp³-hybridized carbons (Fsp3) is 0.143. The lowest BCUT2D eigenvalue weighted by Crippen LogP contribution is -2.13. The number of para-hydroxylation sites is 1. The van der Waals surface area contributed by atoms with Crippen molar-refractivity contribution in [2.24, 2.45) is 5.14 Å². The van der Waals surface area contributed by atoms with Gasteiger partial charge in [-0.25, -0.2) is 13.6 Å². The number of benzene rings is 1. The van der Waals surface area contributed by atoms with E-state index < -0.39 is 10.0 Å². The zero-order valence-corrected chi connectivity index (χ0v) is 6.51. The van der Waals surface area contributed by atoms with Crippen LogP contribution in [0.2, 0.25) is 0 Å². The predicted molar refractivity (Wildman–Crippen MR) is 49.0 cm³/mol. The molecule has 0 amide bonds. The van der Waals surface area contributed by atoms with Gasteiger partial charge in [-0.2, -0.15) is 0 Å². The fourth-order valence-electron chi connectivity index (χ4n) is 0.740. The van der Waals surface area contributed by atoms with Crippen LogP contribution in [0.15, 0.2) is 29.2 Å². The lowest BCUT2D eigenvalue weighted by Gasteiger charge is -2.00. The minimum atomic E-state index is -3.66. The molecular formula is C7H12N2O2S. The molecule has 68 valence electrons. The second-order valence-electron chi connectivity index (χ2n) is 2.08. The molecule has 1 aromatic rings. The second kappa shape index (κ2) is 3.55. The van der Waals surface area contributed by atoms with E-state index in [1.165, 1.54) is 12.1 Å². The minimum absolute atomic E-state index is 0. The number of nitrogen functional groups attached to an aromatic ring is 1. The van der Waals surface area contributed by atoms with Gasteiger partial charge in [0, 0.05) is 0 Å². The van der Waals surface area contributed by atoms with Crippen molar-refractivity contribution in [3.63, 3.8) is 0 Å². The van der Waals surface area contributed by atoms with E-state index in [1.807, 2.05) is 0 Å². The lowest BCUT2D eigenvalue weighted by atomic mass is 10.3. The average molecular weight is 188 g/mol. The molecule has 0 saturated carbocycles. The van der Waals surface area contributed by atoms with Crippen LogP contribution >= 0.6 is 0 Å². The van der Waals surface area contributed by atoms with E-state index in [0.717, 1.165) is 0 Å². The van der Waals surface area contributed by atoms with Crippen molar-refractivity contribution < 1.29 is 8.42 Å². The summed E-state index contributed by atoms with van der Waals surface area (Å²) in [5.41, 5.74) is 5.52. The Kier molecular flexibility index (Phi) is 3.24. The summed E-state index contributed by atoms with van der Waals surface area (Å²) >= 11 is 0. The third-order valence-corrected chi connectivity index (χ3v) is 2.21. The van der Waals surface area contributed by atoms with Crippen LogP contribution in [0.5, 0.6) is 0 Å². The van der Waals surface area contributed by atoms with E-state index in [9.17, 15) is 8.42 Å². The number of sulfonamides is 1. The minimum Gasteiger partial charge on any atom is -0.398 e. The Labute approximate surface area is 72.2 Å². The van der Waals surface area contributed by atoms with Gasteiger partial charge in [-0.1, -0.05) is 19.6 Å². The molecule has 0 atom stereocenters. The SMILES string of the molecule is C.Nc1ccccc1S(N)(=O)=O. The Hall–Kier alpha value is -1.07. The Morgan fingerprint density at radius 3 is 2.00 bits per heavy atom. The zero-order valence-electron chi connectivity index (χ0n) is 5.69. The maximum absolute atomic E-state index is 10.8. The molecule has 0 fully saturated rings. The number of primary sulfonamides is 1. The van der Waals surface area contributed by atoms with Crippen molar-refractivity contribution in [3.05, 3.63) is 24.3 Å². The third kappa shape index (κ3) is 2.21. The standard InChI is InChI=1S/C6H8N2O2S.CH4/c7-5-3-1-2-4-6(5)11(8,9)10;/h1-4H,7H2,(H2,8,9,10);1H4. The van der Waals surface area contributed by atoms with E-state index in [0.29, 0.717) is 0 Å². The highest BCUT2D eigenvalue weighted by Gasteiger charge is 2.09. The number of hydrogen-bond donors (Lipinski definition) is 2. The molecule has 4 N–H and O–H groups in total. The van der Waals surface area contributed by atoms with Gasteiger partial charge in [0.05, 0.1) is 5.69 Å². The van der Waals surface area contributed by atoms with Gasteiger partial charge in [0.2, 0.25) is 10.0 Å². The molecule has 0 aliphatic heterocycles. The first kappa shape index (κ1) is 10.9. The van der Waals surface area contributed by atoms with Crippen LogP contribution in [-0.4, -0.2) is 8.42 Å². The smallest absolute Gasteiger partial charge is 0.240 e. The van der Waals surface area contributed by atoms with Gasteiger partial charge in [0.15, 0.2) is 0 Å². The molecule has 4 nitrogen and oxygen atoms in total. The largest absolute Gasteiger partial charge is 0.398 e. The summed E-state index contributed by atoms with van der Waals surface area (Å²) in [6.45, 7) is 0. The van der Waals surface area contributed by atoms with Gasteiger partial charge in [0.1, 0.15) is 4.90 Å². The first-order valence-corrected chi connectivity index (χ1v) is 4.44. The molecule has 0 radical (unpaired) electrons. The van der Waals surface area contributed by atoms with Crippen molar-refractivity contribution in [1.29, 1.82) is 0 Å². The molecule has 1 rings (SSSR count). The van der Waals surface area contributed by atoms with E-state index in [4.69, 9.17) is 10.9 Å². The van der Waals surface area contributed by atoms with Crippen molar-refractivity contribution in [3.8, 4) is 0 Å². The quantitative estimate of drug-likeness (QED) is 0.631. The van der Waals surface area contributed by atoms with Gasteiger partial charge >= 0.3 is 0 Å². The number of rotatable bonds is 1. The zero-order chi connectivity index (χ0) is 8.48. The highest BCUT2D eigenvalue weighted by atomic mass is 32.2. The highest BCUT2D eigenvalue weighted by molar-refractivity contribution is 7.89. The highest BCUT2D eigenvalue weighted by Crippen LogP contribution is 2.14. The van der Waals surface area contributed by atoms with Crippen LogP contribution in [0, 0.1) is 0 Å². The maximum atomic E-state index is 10.8. The summed E-state index contributed by atoms with van der Waals surface area (Å²) in [5.74, 6) is 0. The molecule has 1 aromatic carbocycles. The fourth-order valence-corrected chi connectivity index (χ4v) is 1.40. The molecular weight excluding hydrogens is 176 g/mol. The van der Waals surface area contributed by atoms with Crippen LogP contribution in [0.3, 0.4) is 0 Å². The van der Waals surface area contributed by atoms with Crippen LogP contribution in [-0.2, 0) is 10.0 Å². The summed E-state index contributed by atoms with van der Waals surface area (Å²) in [4.78, 5) is -0.0278. The summed E-state index contributed by atoms with van der Waals surface area (Å²) in [6, 6.07) is 6.06. The normalized spacial score (nSPS) is 10.4. The molecule has 0 aliphatic carbocycles. The molecule has 0 spiro atoms. The van der Waals surface area contributed by atoms with Crippen molar-refractivity contribution in [2.75, 3.05) is 5.73 Å².